The smallest absolute Gasteiger partial charge is 0.472 e. The maximum atomic E-state index is 12.7. The summed E-state index contributed by atoms with van der Waals surface area (Å²) < 4.78 is 32.8. The fourth-order valence-corrected chi connectivity index (χ4v) is 7.64. The van der Waals surface area contributed by atoms with Gasteiger partial charge in [0.25, 0.3) is 0 Å². The summed E-state index contributed by atoms with van der Waals surface area (Å²) in [6.45, 7) is 2.81. The van der Waals surface area contributed by atoms with Crippen LogP contribution < -0.4 is 5.73 Å². The van der Waals surface area contributed by atoms with Crippen molar-refractivity contribution < 1.29 is 47.5 Å². The molecule has 3 unspecified atom stereocenters. The number of hydrogen-bond acceptors (Lipinski definition) is 9. The average Bonchev–Trinajstić information content (AvgIpc) is 3.22. The molecular weight excluding hydrogens is 781 g/mol. The first kappa shape index (κ1) is 58.0. The van der Waals surface area contributed by atoms with Gasteiger partial charge in [-0.25, -0.2) is 4.57 Å². The minimum absolute atomic E-state index is 0.159. The topological polar surface area (TPSA) is 172 Å². The zero-order valence-electron chi connectivity index (χ0n) is 38.3. The fraction of sp³-hybridized carbons (Fsp3) is 0.854. The Bertz CT molecular complexity index is 1120. The highest BCUT2D eigenvalue weighted by molar-refractivity contribution is 7.47. The number of phosphoric acid groups is 1. The number of ether oxygens (including phenoxy) is 2. The molecule has 0 bridgehead atoms. The van der Waals surface area contributed by atoms with E-state index >= 15 is 0 Å². The Kier molecular flexibility index (Phi) is 42.1. The van der Waals surface area contributed by atoms with E-state index in [9.17, 15) is 23.8 Å². The molecular formula is C48H90NO10P. The van der Waals surface area contributed by atoms with Crippen LogP contribution in [0.5, 0.6) is 0 Å². The molecule has 0 amide bonds. The molecule has 0 aliphatic carbocycles. The normalized spacial score (nSPS) is 13.8. The molecule has 0 rings (SSSR count). The third-order valence-corrected chi connectivity index (χ3v) is 11.7. The van der Waals surface area contributed by atoms with Crippen LogP contribution >= 0.6 is 7.82 Å². The van der Waals surface area contributed by atoms with Crippen molar-refractivity contribution in [1.29, 1.82) is 0 Å². The van der Waals surface area contributed by atoms with E-state index in [2.05, 4.69) is 42.7 Å². The molecule has 0 aromatic heterocycles. The second-order valence-corrected chi connectivity index (χ2v) is 18.1. The number of unbranched alkanes of at least 4 members (excludes halogenated alkanes) is 28. The van der Waals surface area contributed by atoms with E-state index in [-0.39, 0.29) is 19.4 Å². The van der Waals surface area contributed by atoms with Gasteiger partial charge in [0.15, 0.2) is 6.10 Å². The molecule has 0 saturated carbocycles. The summed E-state index contributed by atoms with van der Waals surface area (Å²) in [6.07, 6.45) is 46.6. The molecule has 60 heavy (non-hydrogen) atoms. The average molecular weight is 872 g/mol. The number of carboxylic acid groups (broad SMARTS) is 1. The number of esters is 2. The van der Waals surface area contributed by atoms with Gasteiger partial charge >= 0.3 is 25.7 Å². The maximum Gasteiger partial charge on any atom is 0.472 e. The number of rotatable bonds is 46. The van der Waals surface area contributed by atoms with Crippen LogP contribution in [0.1, 0.15) is 232 Å². The van der Waals surface area contributed by atoms with E-state index in [1.807, 2.05) is 0 Å². The van der Waals surface area contributed by atoms with E-state index in [1.54, 1.807) is 0 Å². The largest absolute Gasteiger partial charge is 0.480 e. The van der Waals surface area contributed by atoms with Crippen LogP contribution in [0.3, 0.4) is 0 Å². The molecule has 12 heteroatoms. The van der Waals surface area contributed by atoms with Crippen molar-refractivity contribution >= 4 is 25.7 Å². The lowest BCUT2D eigenvalue weighted by molar-refractivity contribution is -0.161. The summed E-state index contributed by atoms with van der Waals surface area (Å²) in [5.74, 6) is -2.37. The second kappa shape index (κ2) is 43.6. The Hall–Kier alpha value is -2.04. The Morgan fingerprint density at radius 3 is 1.33 bits per heavy atom. The first-order chi connectivity index (χ1) is 29.1. The predicted molar refractivity (Wildman–Crippen MR) is 245 cm³/mol. The Labute approximate surface area is 366 Å². The third kappa shape index (κ3) is 42.6. The van der Waals surface area contributed by atoms with Crippen molar-refractivity contribution in [2.75, 3.05) is 19.8 Å². The van der Waals surface area contributed by atoms with Gasteiger partial charge in [-0.2, -0.15) is 0 Å². The van der Waals surface area contributed by atoms with E-state index in [0.29, 0.717) is 12.8 Å². The zero-order valence-corrected chi connectivity index (χ0v) is 39.2. The highest BCUT2D eigenvalue weighted by Crippen LogP contribution is 2.43. The number of hydrogen-bond donors (Lipinski definition) is 3. The van der Waals surface area contributed by atoms with Gasteiger partial charge in [0.05, 0.1) is 13.2 Å². The Morgan fingerprint density at radius 1 is 0.517 bits per heavy atom. The van der Waals surface area contributed by atoms with Crippen LogP contribution in [0, 0.1) is 0 Å². The molecule has 0 aromatic rings. The third-order valence-electron chi connectivity index (χ3n) is 10.7. The van der Waals surface area contributed by atoms with Crippen LogP contribution in [0.15, 0.2) is 24.3 Å². The number of carboxylic acids is 1. The second-order valence-electron chi connectivity index (χ2n) is 16.6. The van der Waals surface area contributed by atoms with Crippen LogP contribution in [-0.4, -0.2) is 59.9 Å². The number of aliphatic carboxylic acids is 1. The number of carbonyl (C=O) groups excluding carboxylic acids is 2. The van der Waals surface area contributed by atoms with Gasteiger partial charge in [-0.3, -0.25) is 23.4 Å². The van der Waals surface area contributed by atoms with Gasteiger partial charge < -0.3 is 25.2 Å². The van der Waals surface area contributed by atoms with E-state index in [0.717, 1.165) is 51.4 Å². The van der Waals surface area contributed by atoms with Crippen LogP contribution in [0.25, 0.3) is 0 Å². The van der Waals surface area contributed by atoms with Crippen molar-refractivity contribution in [2.24, 2.45) is 5.73 Å². The summed E-state index contributed by atoms with van der Waals surface area (Å²) in [4.78, 5) is 46.1. The van der Waals surface area contributed by atoms with Gasteiger partial charge in [-0.1, -0.05) is 199 Å². The minimum Gasteiger partial charge on any atom is -0.480 e. The van der Waals surface area contributed by atoms with Crippen molar-refractivity contribution in [2.45, 2.75) is 244 Å². The van der Waals surface area contributed by atoms with E-state index in [1.165, 1.54) is 141 Å². The van der Waals surface area contributed by atoms with Gasteiger partial charge in [0.2, 0.25) is 0 Å². The number of allylic oxidation sites excluding steroid dienone is 4. The zero-order chi connectivity index (χ0) is 44.2. The monoisotopic (exact) mass is 872 g/mol. The quantitative estimate of drug-likeness (QED) is 0.0230. The van der Waals surface area contributed by atoms with Crippen LogP contribution in [-0.2, 0) is 37.5 Å². The standard InChI is InChI=1S/C48H90NO10P/c1-3-5-7-9-11-13-15-17-19-21-22-24-26-28-30-32-34-36-38-40-47(51)59-44(42-57-60(54,55)58-43-45(49)48(52)53)41-56-46(50)39-37-35-33-31-29-27-25-23-20-18-16-14-12-10-8-6-4-2/h11,13,17,19,44-45H,3-10,12,14-16,18,20-43,49H2,1-2H3,(H,52,53)(H,54,55)/b13-11-,19-17-. The summed E-state index contributed by atoms with van der Waals surface area (Å²) in [5.41, 5.74) is 5.35. The fourth-order valence-electron chi connectivity index (χ4n) is 6.86. The number of nitrogens with two attached hydrogens (primary N) is 1. The molecule has 0 radical (unpaired) electrons. The summed E-state index contributed by atoms with van der Waals surface area (Å²) >= 11 is 0. The highest BCUT2D eigenvalue weighted by atomic mass is 31.2. The summed E-state index contributed by atoms with van der Waals surface area (Å²) in [5, 5.41) is 8.91. The first-order valence-corrected chi connectivity index (χ1v) is 25.9. The molecule has 0 aliphatic heterocycles. The van der Waals surface area contributed by atoms with E-state index < -0.39 is 51.1 Å². The molecule has 0 spiro atoms. The lowest BCUT2D eigenvalue weighted by Gasteiger charge is -2.20. The molecule has 0 saturated heterocycles. The van der Waals surface area contributed by atoms with Crippen molar-refractivity contribution in [1.82, 2.24) is 0 Å². The molecule has 0 fully saturated rings. The molecule has 3 atom stereocenters. The number of carbonyl (C=O) groups is 3. The van der Waals surface area contributed by atoms with Crippen LogP contribution in [0.2, 0.25) is 0 Å². The SMILES string of the molecule is CCCCC/C=C\C/C=C\CCCCCCCCCCCC(=O)OC(COC(=O)CCCCCCCCCCCCCCCCCCC)COP(=O)(O)OCC(N)C(=O)O. The van der Waals surface area contributed by atoms with Crippen LogP contribution in [0.4, 0.5) is 0 Å². The lowest BCUT2D eigenvalue weighted by atomic mass is 10.0. The summed E-state index contributed by atoms with van der Waals surface area (Å²) in [6, 6.07) is -1.52. The van der Waals surface area contributed by atoms with Gasteiger partial charge in [0, 0.05) is 12.8 Å². The lowest BCUT2D eigenvalue weighted by Crippen LogP contribution is -2.34. The Morgan fingerprint density at radius 2 is 0.883 bits per heavy atom. The van der Waals surface area contributed by atoms with Crippen molar-refractivity contribution in [3.8, 4) is 0 Å². The molecule has 352 valence electrons. The highest BCUT2D eigenvalue weighted by Gasteiger charge is 2.28. The number of phosphoric ester groups is 1. The molecule has 4 N–H and O–H groups in total. The maximum absolute atomic E-state index is 12.7. The van der Waals surface area contributed by atoms with Gasteiger partial charge in [-0.15, -0.1) is 0 Å². The molecule has 11 nitrogen and oxygen atoms in total. The summed E-state index contributed by atoms with van der Waals surface area (Å²) in [7, 11) is -4.72. The van der Waals surface area contributed by atoms with E-state index in [4.69, 9.17) is 24.8 Å². The minimum atomic E-state index is -4.72. The van der Waals surface area contributed by atoms with Gasteiger partial charge in [-0.05, 0) is 44.9 Å². The first-order valence-electron chi connectivity index (χ1n) is 24.4. The van der Waals surface area contributed by atoms with Gasteiger partial charge in [0.1, 0.15) is 12.6 Å². The Balaban J connectivity index is 4.27. The molecule has 0 aliphatic rings. The predicted octanol–water partition coefficient (Wildman–Crippen LogP) is 13.4. The van der Waals surface area contributed by atoms with Crippen molar-refractivity contribution in [3.05, 3.63) is 24.3 Å². The molecule has 0 heterocycles. The molecule has 0 aromatic carbocycles. The van der Waals surface area contributed by atoms with Crippen molar-refractivity contribution in [3.63, 3.8) is 0 Å².